The number of nitrogens with two attached hydrogens (primary N) is 1. The molecule has 0 spiro atoms. The second-order valence-electron chi connectivity index (χ2n) is 6.41. The molecule has 0 saturated carbocycles. The molecule has 0 bridgehead atoms. The molecule has 0 fully saturated rings. The Kier molecular flexibility index (Phi) is 3.57. The number of hydrogen-bond donors (Lipinski definition) is 2. The van der Waals surface area contributed by atoms with Crippen LogP contribution >= 0.6 is 11.3 Å². The van der Waals surface area contributed by atoms with E-state index in [1.807, 2.05) is 11.3 Å². The van der Waals surface area contributed by atoms with Crippen molar-refractivity contribution < 1.29 is 0 Å². The molecule has 4 rings (SSSR count). The third-order valence-corrected chi connectivity index (χ3v) is 6.29. The summed E-state index contributed by atoms with van der Waals surface area (Å²) in [5.74, 6) is 7.21. The quantitative estimate of drug-likeness (QED) is 0.667. The van der Waals surface area contributed by atoms with Crippen molar-refractivity contribution in [3.63, 3.8) is 0 Å². The highest BCUT2D eigenvalue weighted by atomic mass is 32.1. The predicted molar refractivity (Wildman–Crippen MR) is 88.6 cm³/mol. The van der Waals surface area contributed by atoms with E-state index >= 15 is 0 Å². The first-order valence-electron chi connectivity index (χ1n) is 7.97. The fourth-order valence-electron chi connectivity index (χ4n) is 4.17. The lowest BCUT2D eigenvalue weighted by Crippen LogP contribution is -2.42. The van der Waals surface area contributed by atoms with Gasteiger partial charge in [-0.1, -0.05) is 24.3 Å². The average Bonchev–Trinajstić information content (AvgIpc) is 2.97. The first-order chi connectivity index (χ1) is 10.4. The number of nitrogens with one attached hydrogen (secondary N) is 1. The standard InChI is InChI=1S/C18H22N2S/c19-20-17(11-13-10-12-4-1-2-5-14(12)13)15-6-3-7-18-16(15)8-9-21-18/h1-2,4-5,8-9,13,15,17,20H,3,6-7,10-11,19H2. The topological polar surface area (TPSA) is 38.0 Å². The Morgan fingerprint density at radius 2 is 2.14 bits per heavy atom. The maximum atomic E-state index is 5.93. The molecular formula is C18H22N2S. The number of hydrogen-bond acceptors (Lipinski definition) is 3. The second kappa shape index (κ2) is 5.56. The summed E-state index contributed by atoms with van der Waals surface area (Å²) >= 11 is 1.92. The van der Waals surface area contributed by atoms with E-state index in [-0.39, 0.29) is 0 Å². The van der Waals surface area contributed by atoms with Crippen LogP contribution in [0.3, 0.4) is 0 Å². The summed E-state index contributed by atoms with van der Waals surface area (Å²) in [6, 6.07) is 11.6. The van der Waals surface area contributed by atoms with Crippen LogP contribution in [0.4, 0.5) is 0 Å². The van der Waals surface area contributed by atoms with E-state index in [4.69, 9.17) is 5.84 Å². The molecule has 1 heterocycles. The molecule has 3 N–H and O–H groups in total. The van der Waals surface area contributed by atoms with Crippen molar-refractivity contribution in [1.82, 2.24) is 5.43 Å². The molecule has 110 valence electrons. The number of hydrazine groups is 1. The normalized spacial score (nSPS) is 24.8. The Morgan fingerprint density at radius 3 is 3.00 bits per heavy atom. The smallest absolute Gasteiger partial charge is 0.0285 e. The Labute approximate surface area is 130 Å². The molecule has 2 aliphatic rings. The van der Waals surface area contributed by atoms with Gasteiger partial charge in [0.2, 0.25) is 0 Å². The summed E-state index contributed by atoms with van der Waals surface area (Å²) in [5, 5.41) is 2.25. The van der Waals surface area contributed by atoms with Gasteiger partial charge in [0.15, 0.2) is 0 Å². The summed E-state index contributed by atoms with van der Waals surface area (Å²) in [7, 11) is 0. The van der Waals surface area contributed by atoms with E-state index in [0.29, 0.717) is 17.9 Å². The zero-order valence-electron chi connectivity index (χ0n) is 12.2. The summed E-state index contributed by atoms with van der Waals surface area (Å²) < 4.78 is 0. The lowest BCUT2D eigenvalue weighted by Gasteiger charge is -2.37. The highest BCUT2D eigenvalue weighted by molar-refractivity contribution is 7.10. The minimum absolute atomic E-state index is 0.400. The van der Waals surface area contributed by atoms with Crippen LogP contribution in [0.5, 0.6) is 0 Å². The average molecular weight is 298 g/mol. The van der Waals surface area contributed by atoms with Crippen molar-refractivity contribution in [2.75, 3.05) is 0 Å². The number of rotatable bonds is 4. The monoisotopic (exact) mass is 298 g/mol. The van der Waals surface area contributed by atoms with Crippen molar-refractivity contribution in [3.05, 3.63) is 57.3 Å². The van der Waals surface area contributed by atoms with Gasteiger partial charge in [-0.3, -0.25) is 11.3 Å². The van der Waals surface area contributed by atoms with E-state index in [9.17, 15) is 0 Å². The Bertz CT molecular complexity index is 634. The lowest BCUT2D eigenvalue weighted by molar-refractivity contribution is 0.345. The molecule has 21 heavy (non-hydrogen) atoms. The molecule has 2 aliphatic carbocycles. The zero-order valence-corrected chi connectivity index (χ0v) is 13.0. The summed E-state index contributed by atoms with van der Waals surface area (Å²) in [5.41, 5.74) is 7.76. The summed E-state index contributed by atoms with van der Waals surface area (Å²) in [6.45, 7) is 0. The van der Waals surface area contributed by atoms with Gasteiger partial charge in [0.05, 0.1) is 0 Å². The predicted octanol–water partition coefficient (Wildman–Crippen LogP) is 3.73. The Hall–Kier alpha value is -1.16. The van der Waals surface area contributed by atoms with Gasteiger partial charge in [-0.05, 0) is 66.2 Å². The van der Waals surface area contributed by atoms with Gasteiger partial charge in [-0.25, -0.2) is 0 Å². The van der Waals surface area contributed by atoms with Crippen LogP contribution in [-0.4, -0.2) is 6.04 Å². The molecule has 0 amide bonds. The van der Waals surface area contributed by atoms with Crippen molar-refractivity contribution in [2.45, 2.75) is 50.0 Å². The fourth-order valence-corrected chi connectivity index (χ4v) is 5.16. The van der Waals surface area contributed by atoms with Crippen molar-refractivity contribution in [3.8, 4) is 0 Å². The molecule has 3 unspecified atom stereocenters. The Morgan fingerprint density at radius 1 is 1.24 bits per heavy atom. The molecule has 0 aliphatic heterocycles. The molecule has 2 aromatic rings. The Balaban J connectivity index is 1.52. The third-order valence-electron chi connectivity index (χ3n) is 5.30. The van der Waals surface area contributed by atoms with Crippen LogP contribution in [-0.2, 0) is 12.8 Å². The highest BCUT2D eigenvalue weighted by Gasteiger charge is 2.33. The molecule has 3 heteroatoms. The minimum atomic E-state index is 0.400. The van der Waals surface area contributed by atoms with E-state index in [0.717, 1.165) is 6.42 Å². The van der Waals surface area contributed by atoms with Gasteiger partial charge in [0.25, 0.3) is 0 Å². The van der Waals surface area contributed by atoms with E-state index in [1.165, 1.54) is 31.2 Å². The minimum Gasteiger partial charge on any atom is -0.271 e. The first-order valence-corrected chi connectivity index (χ1v) is 8.85. The van der Waals surface area contributed by atoms with Crippen LogP contribution < -0.4 is 11.3 Å². The SMILES string of the molecule is NNC(CC1Cc2ccccc21)C1CCCc2sccc21. The van der Waals surface area contributed by atoms with Crippen molar-refractivity contribution >= 4 is 11.3 Å². The van der Waals surface area contributed by atoms with Crippen LogP contribution in [0.2, 0.25) is 0 Å². The van der Waals surface area contributed by atoms with E-state index < -0.39 is 0 Å². The second-order valence-corrected chi connectivity index (χ2v) is 7.41. The van der Waals surface area contributed by atoms with Crippen LogP contribution in [0.15, 0.2) is 35.7 Å². The lowest BCUT2D eigenvalue weighted by atomic mass is 9.71. The van der Waals surface area contributed by atoms with Gasteiger partial charge in [0, 0.05) is 16.8 Å². The molecule has 1 aromatic carbocycles. The van der Waals surface area contributed by atoms with Crippen LogP contribution in [0, 0.1) is 0 Å². The maximum Gasteiger partial charge on any atom is 0.0285 e. The van der Waals surface area contributed by atoms with Crippen LogP contribution in [0.25, 0.3) is 0 Å². The summed E-state index contributed by atoms with van der Waals surface area (Å²) in [6.07, 6.45) is 6.21. The fraction of sp³-hybridized carbons (Fsp3) is 0.444. The molecule has 2 nitrogen and oxygen atoms in total. The number of fused-ring (bicyclic) bond motifs is 2. The number of aryl methyl sites for hydroxylation is 1. The molecular weight excluding hydrogens is 276 g/mol. The van der Waals surface area contributed by atoms with Gasteiger partial charge in [0.1, 0.15) is 0 Å². The van der Waals surface area contributed by atoms with E-state index in [2.05, 4.69) is 41.1 Å². The van der Waals surface area contributed by atoms with Gasteiger partial charge in [-0.15, -0.1) is 11.3 Å². The third kappa shape index (κ3) is 2.33. The largest absolute Gasteiger partial charge is 0.271 e. The zero-order chi connectivity index (χ0) is 14.2. The maximum absolute atomic E-state index is 5.93. The van der Waals surface area contributed by atoms with Gasteiger partial charge in [-0.2, -0.15) is 0 Å². The molecule has 0 radical (unpaired) electrons. The molecule has 3 atom stereocenters. The van der Waals surface area contributed by atoms with Crippen LogP contribution in [0.1, 0.15) is 52.7 Å². The number of benzene rings is 1. The van der Waals surface area contributed by atoms with Gasteiger partial charge >= 0.3 is 0 Å². The van der Waals surface area contributed by atoms with E-state index in [1.54, 1.807) is 16.0 Å². The highest BCUT2D eigenvalue weighted by Crippen LogP contribution is 2.43. The van der Waals surface area contributed by atoms with Crippen molar-refractivity contribution in [2.24, 2.45) is 5.84 Å². The van der Waals surface area contributed by atoms with Gasteiger partial charge < -0.3 is 0 Å². The first kappa shape index (κ1) is 13.5. The number of thiophene rings is 1. The molecule has 1 aromatic heterocycles. The summed E-state index contributed by atoms with van der Waals surface area (Å²) in [4.78, 5) is 1.58. The van der Waals surface area contributed by atoms with Crippen molar-refractivity contribution in [1.29, 1.82) is 0 Å². The molecule has 0 saturated heterocycles.